The van der Waals surface area contributed by atoms with Crippen LogP contribution in [0.3, 0.4) is 0 Å². The van der Waals surface area contributed by atoms with Crippen LogP contribution in [0.25, 0.3) is 96.1 Å². The Morgan fingerprint density at radius 1 is 0.400 bits per heavy atom. The summed E-state index contributed by atoms with van der Waals surface area (Å²) in [4.78, 5) is 128. The molecule has 0 spiro atoms. The Labute approximate surface area is 828 Å². The highest BCUT2D eigenvalue weighted by Gasteiger charge is 2.38. The summed E-state index contributed by atoms with van der Waals surface area (Å²) in [6, 6.07) is 15.5. The number of piperazine rings is 3. The molecule has 0 atom stereocenters. The molecular weight excluding hydrogens is 1990 g/mol. The van der Waals surface area contributed by atoms with Crippen molar-refractivity contribution in [1.29, 1.82) is 15.8 Å². The van der Waals surface area contributed by atoms with Crippen molar-refractivity contribution in [3.05, 3.63) is 238 Å². The van der Waals surface area contributed by atoms with E-state index in [-0.39, 0.29) is 242 Å². The Balaban J connectivity index is 0.745. The number of halogens is 15. The molecule has 0 radical (unpaired) electrons. The van der Waals surface area contributed by atoms with E-state index in [9.17, 15) is 30.2 Å². The molecule has 0 bridgehead atoms. The van der Waals surface area contributed by atoms with Gasteiger partial charge in [-0.05, 0) is 110 Å². The number of nitrogens with zero attached hydrogens (tertiary/aromatic N) is 18. The average molecular weight is 2060 g/mol. The Hall–Kier alpha value is -11.6. The number of nitrogen functional groups attached to an aromatic ring is 3. The summed E-state index contributed by atoms with van der Waals surface area (Å²) in [6.45, 7) is 20.6. The first kappa shape index (κ1) is 97.9. The molecule has 3 fully saturated rings. The van der Waals surface area contributed by atoms with E-state index in [4.69, 9.17) is 181 Å². The molecule has 135 heavy (non-hydrogen) atoms. The maximum Gasteiger partial charge on any atom is 0.276 e. The van der Waals surface area contributed by atoms with Crippen LogP contribution in [-0.4, -0.2) is 155 Å². The predicted molar refractivity (Wildman–Crippen MR) is 530 cm³/mol. The lowest BCUT2D eigenvalue weighted by Crippen LogP contribution is -2.49. The van der Waals surface area contributed by atoms with Crippen molar-refractivity contribution in [3.63, 3.8) is 0 Å². The zero-order chi connectivity index (χ0) is 97.9. The van der Waals surface area contributed by atoms with Crippen LogP contribution in [0.4, 0.5) is 47.3 Å². The average Bonchev–Trinajstić information content (AvgIpc) is 0.726. The van der Waals surface area contributed by atoms with Gasteiger partial charge in [0.05, 0.1) is 174 Å². The fourth-order valence-corrected chi connectivity index (χ4v) is 20.0. The molecule has 3 aromatic carbocycles. The monoisotopic (exact) mass is 2060 g/mol. The molecule has 42 heteroatoms. The van der Waals surface area contributed by atoms with Gasteiger partial charge >= 0.3 is 0 Å². The van der Waals surface area contributed by atoms with Gasteiger partial charge in [-0.3, -0.25) is 57.4 Å². The van der Waals surface area contributed by atoms with Crippen LogP contribution >= 0.6 is 139 Å². The summed E-state index contributed by atoms with van der Waals surface area (Å²) < 4.78 is 53.3. The predicted octanol–water partition coefficient (Wildman–Crippen LogP) is 20.4. The van der Waals surface area contributed by atoms with Crippen LogP contribution in [0.5, 0.6) is 0 Å². The number of pyridine rings is 9. The summed E-state index contributed by atoms with van der Waals surface area (Å²) in [5.41, 5.74) is 14.5. The van der Waals surface area contributed by atoms with Gasteiger partial charge in [-0.1, -0.05) is 187 Å². The van der Waals surface area contributed by atoms with Crippen molar-refractivity contribution in [3.8, 4) is 69.0 Å². The smallest absolute Gasteiger partial charge is 0.276 e. The molecule has 6 N–H and O–H groups in total. The third kappa shape index (κ3) is 17.1. The number of carbonyl (C=O) groups excluding carboxylic acids is 3. The van der Waals surface area contributed by atoms with Gasteiger partial charge in [0.25, 0.3) is 16.7 Å². The van der Waals surface area contributed by atoms with Gasteiger partial charge < -0.3 is 46.6 Å². The number of amides is 3. The zero-order valence-electron chi connectivity index (χ0n) is 72.8. The second kappa shape index (κ2) is 38.5. The van der Waals surface area contributed by atoms with Gasteiger partial charge in [-0.2, -0.15) is 15.8 Å². The highest BCUT2D eigenvalue weighted by atomic mass is 35.5. The molecule has 9 aromatic heterocycles. The van der Waals surface area contributed by atoms with Crippen molar-refractivity contribution >= 4 is 236 Å². The van der Waals surface area contributed by atoms with E-state index in [1.54, 1.807) is 83.5 Å². The molecule has 12 heterocycles. The van der Waals surface area contributed by atoms with Crippen LogP contribution in [-0.2, 0) is 14.4 Å². The standard InChI is InChI=1S/C93H74Cl12F3N21O6/c1-11-55(130)121-18-24-124(25-19-121)86-47-33-53(95)80(59-62(98)65(101)68(104)74(113)71(59)107)119-89(47)128(92(134)50(86)36-110)83-42(9)30-44(116-77(83)39(4)5)13-15-57(132)123-22-28-126(29-23-123)87-48-34-54(96)81(60-63(99)66(102)69(105)75(114)72(60)108)120-90(48)129(93(135)51(87)37-111)84-43(10)31-45(117-78(84)40(6)7)12-14-56(131)122-20-26-125(27-21-122)85-46-32-52(94)79(58-61(97)64(100)67(103)73(112)70(58)106)118-88(46)127(91(133)49(85)35-109)82-41(8)16-17-115-76(82)38(2)3/h11-17,30-34,38-40H,1,18-29,112-114H2,2-10H3/b14-12-,15-13-. The number of rotatable bonds is 17. The van der Waals surface area contributed by atoms with Crippen LogP contribution in [0.15, 0.2) is 81.8 Å². The van der Waals surface area contributed by atoms with Crippen molar-refractivity contribution in [1.82, 2.24) is 58.3 Å². The van der Waals surface area contributed by atoms with Gasteiger partial charge in [0.2, 0.25) is 17.7 Å². The second-order valence-corrected chi connectivity index (χ2v) is 37.6. The van der Waals surface area contributed by atoms with E-state index >= 15 is 27.6 Å². The second-order valence-electron chi connectivity index (χ2n) is 33.0. The zero-order valence-corrected chi connectivity index (χ0v) is 81.8. The summed E-state index contributed by atoms with van der Waals surface area (Å²) >= 11 is 80.1. The minimum absolute atomic E-state index is 0.00172. The van der Waals surface area contributed by atoms with E-state index < -0.39 is 112 Å². The Morgan fingerprint density at radius 3 is 0.956 bits per heavy atom. The lowest BCUT2D eigenvalue weighted by atomic mass is 10.0. The Bertz CT molecular complexity index is 7530. The number of nitriles is 3. The third-order valence-electron chi connectivity index (χ3n) is 23.8. The van der Waals surface area contributed by atoms with Crippen molar-refractivity contribution in [2.24, 2.45) is 0 Å². The molecule has 3 amide bonds. The first-order valence-electron chi connectivity index (χ1n) is 41.6. The molecule has 27 nitrogen and oxygen atoms in total. The SMILES string of the molecule is C=CC(=O)N1CCN(c2c(C#N)c(=O)n(-c3c(C)cc(/C=C\C(=O)N4CCN(c5c(C#N)c(=O)n(-c6c(C)cc(/C=C\C(=O)N7CCN(c8c(C#N)c(=O)n(-c9c(C)ccnc9C(C)C)c9nc(-c%10c(F)c(N)c(Cl)c(Cl)c%10Cl)c(Cl)cc89)CC7)nc6C(C)C)c6nc(-c7c(F)c(N)c(Cl)c(Cl)c7Cl)c(Cl)cc56)CC4)nc3C(C)C)c3nc(-c4c(F)c(N)c(Cl)c(Cl)c4Cl)c(Cl)cc23)CC1. The molecule has 0 unspecified atom stereocenters. The fraction of sp³-hybridized carbons (Fsp3) is 0.258. The quantitative estimate of drug-likeness (QED) is 0.0330. The molecule has 0 saturated carbocycles. The minimum atomic E-state index is -1.15. The van der Waals surface area contributed by atoms with Gasteiger partial charge in [-0.25, -0.2) is 28.1 Å². The molecule has 3 saturated heterocycles. The first-order chi connectivity index (χ1) is 64.0. The Morgan fingerprint density at radius 2 is 0.681 bits per heavy atom. The molecule has 3 aliphatic heterocycles. The number of fused-ring (bicyclic) bond motifs is 3. The highest BCUT2D eigenvalue weighted by molar-refractivity contribution is 6.52. The largest absolute Gasteiger partial charge is 0.395 e. The number of benzene rings is 3. The summed E-state index contributed by atoms with van der Waals surface area (Å²) in [5, 5.41) is 30.1. The molecule has 15 rings (SSSR count). The van der Waals surface area contributed by atoms with E-state index in [0.717, 1.165) is 0 Å². The van der Waals surface area contributed by atoms with Crippen LogP contribution < -0.4 is 48.6 Å². The number of carbonyl (C=O) groups is 3. The van der Waals surface area contributed by atoms with Gasteiger partial charge in [-0.15, -0.1) is 0 Å². The molecule has 3 aliphatic rings. The fourth-order valence-electron chi connectivity index (χ4n) is 17.2. The molecule has 692 valence electrons. The maximum absolute atomic E-state index is 16.8. The summed E-state index contributed by atoms with van der Waals surface area (Å²) in [7, 11) is 0. The van der Waals surface area contributed by atoms with Crippen molar-refractivity contribution in [2.75, 3.05) is 110 Å². The van der Waals surface area contributed by atoms with E-state index in [1.165, 1.54) is 67.2 Å². The van der Waals surface area contributed by atoms with E-state index in [0.29, 0.717) is 33.8 Å². The number of aromatic nitrogens is 9. The topological polar surface area (TPSA) is 363 Å². The number of hydrogen-bond acceptors (Lipinski definition) is 21. The highest BCUT2D eigenvalue weighted by Crippen LogP contribution is 2.52. The van der Waals surface area contributed by atoms with Crippen molar-refractivity contribution in [2.45, 2.75) is 80.1 Å². The molecule has 12 aromatic rings. The Kier molecular flexibility index (Phi) is 27.9. The summed E-state index contributed by atoms with van der Waals surface area (Å²) in [6.07, 6.45) is 8.36. The van der Waals surface area contributed by atoms with Crippen LogP contribution in [0.1, 0.15) is 121 Å². The lowest BCUT2D eigenvalue weighted by molar-refractivity contribution is -0.127. The normalized spacial score (nSPS) is 13.9. The van der Waals surface area contributed by atoms with Crippen LogP contribution in [0, 0.1) is 72.2 Å². The molecular formula is C93H74Cl12F3N21O6. The maximum atomic E-state index is 16.8. The first-order valence-corrected chi connectivity index (χ1v) is 46.1. The van der Waals surface area contributed by atoms with Crippen LogP contribution in [0.2, 0.25) is 60.3 Å². The van der Waals surface area contributed by atoms with Gasteiger partial charge in [0.1, 0.15) is 51.8 Å². The lowest BCUT2D eigenvalue weighted by Gasteiger charge is -2.36. The minimum Gasteiger partial charge on any atom is -0.395 e. The van der Waals surface area contributed by atoms with E-state index in [2.05, 4.69) is 29.8 Å². The summed E-state index contributed by atoms with van der Waals surface area (Å²) in [5.74, 6) is -5.90. The number of aryl methyl sites for hydroxylation is 3. The number of anilines is 6. The van der Waals surface area contributed by atoms with Crippen molar-refractivity contribution < 1.29 is 27.6 Å². The van der Waals surface area contributed by atoms with Gasteiger partial charge in [0, 0.05) is 113 Å². The third-order valence-corrected chi connectivity index (χ3v) is 28.7. The van der Waals surface area contributed by atoms with E-state index in [1.807, 2.05) is 27.7 Å². The van der Waals surface area contributed by atoms with Gasteiger partial charge in [0.15, 0.2) is 17.5 Å². The number of nitrogens with two attached hydrogens (primary N) is 3. The number of hydrogen-bond donors (Lipinski definition) is 3. The molecule has 0 aliphatic carbocycles.